The first-order chi connectivity index (χ1) is 9.91. The second kappa shape index (κ2) is 42.8. The van der Waals surface area contributed by atoms with Crippen molar-refractivity contribution in [1.82, 2.24) is 0 Å². The summed E-state index contributed by atoms with van der Waals surface area (Å²) in [6.45, 7) is 4.57. The van der Waals surface area contributed by atoms with Crippen molar-refractivity contribution in [2.75, 3.05) is 21.1 Å². The van der Waals surface area contributed by atoms with Crippen LogP contribution in [0.3, 0.4) is 0 Å². The highest BCUT2D eigenvalue weighted by Crippen LogP contribution is 2.11. The fraction of sp³-hybridized carbons (Fsp3) is 1.00. The van der Waals surface area contributed by atoms with Crippen LogP contribution in [0.25, 0.3) is 0 Å². The highest BCUT2D eigenvalue weighted by Gasteiger charge is 1.91. The number of hydrogen-bond donors (Lipinski definition) is 3. The lowest BCUT2D eigenvalue weighted by molar-refractivity contribution is 0.548. The van der Waals surface area contributed by atoms with Crippen LogP contribution in [0.2, 0.25) is 0 Å². The molecule has 128 valence electrons. The van der Waals surface area contributed by atoms with Crippen molar-refractivity contribution in [2.45, 2.75) is 90.9 Å². The van der Waals surface area contributed by atoms with Crippen LogP contribution in [-0.2, 0) is 0 Å². The van der Waals surface area contributed by atoms with E-state index in [9.17, 15) is 0 Å². The molecular formula is C17H45N3. The summed E-state index contributed by atoms with van der Waals surface area (Å²) in [5.41, 5.74) is 13.5. The lowest BCUT2D eigenvalue weighted by Gasteiger charge is -2.01. The molecule has 0 aliphatic heterocycles. The Hall–Kier alpha value is -0.120. The summed E-state index contributed by atoms with van der Waals surface area (Å²) in [7, 11) is 4.50. The zero-order valence-corrected chi connectivity index (χ0v) is 15.2. The number of nitrogens with two attached hydrogens (primary N) is 3. The summed E-state index contributed by atoms with van der Waals surface area (Å²) in [6, 6.07) is 0. The Balaban J connectivity index is -0.000000187. The van der Waals surface area contributed by atoms with E-state index in [0.29, 0.717) is 0 Å². The van der Waals surface area contributed by atoms with E-state index in [4.69, 9.17) is 0 Å². The second-order valence-corrected chi connectivity index (χ2v) is 4.54. The fourth-order valence-electron chi connectivity index (χ4n) is 1.91. The maximum Gasteiger partial charge on any atom is -0.0195 e. The van der Waals surface area contributed by atoms with Crippen LogP contribution in [-0.4, -0.2) is 21.1 Å². The molecule has 0 spiro atoms. The highest BCUT2D eigenvalue weighted by atomic mass is 14.4. The third-order valence-corrected chi connectivity index (χ3v) is 2.96. The Morgan fingerprint density at radius 3 is 0.650 bits per heavy atom. The SMILES string of the molecule is CCCCCCCCCCCCCC.CN.CN.CN. The molecule has 0 atom stereocenters. The van der Waals surface area contributed by atoms with Gasteiger partial charge in [-0.15, -0.1) is 0 Å². The minimum atomic E-state index is 1.37. The van der Waals surface area contributed by atoms with Gasteiger partial charge in [-0.1, -0.05) is 90.9 Å². The standard InChI is InChI=1S/C14H30.3CH5N/c1-3-5-7-9-11-13-14-12-10-8-6-4-2;3*1-2/h3-14H2,1-2H3;3*2H2,1H3. The minimum Gasteiger partial charge on any atom is -0.333 e. The van der Waals surface area contributed by atoms with Gasteiger partial charge < -0.3 is 17.2 Å². The van der Waals surface area contributed by atoms with Gasteiger partial charge in [0.2, 0.25) is 0 Å². The van der Waals surface area contributed by atoms with Crippen molar-refractivity contribution in [2.24, 2.45) is 17.2 Å². The van der Waals surface area contributed by atoms with Crippen molar-refractivity contribution >= 4 is 0 Å². The average molecular weight is 292 g/mol. The molecule has 0 amide bonds. The first-order valence-electron chi connectivity index (χ1n) is 8.65. The van der Waals surface area contributed by atoms with Gasteiger partial charge >= 0.3 is 0 Å². The van der Waals surface area contributed by atoms with Crippen LogP contribution < -0.4 is 17.2 Å². The molecule has 0 fully saturated rings. The molecule has 0 radical (unpaired) electrons. The van der Waals surface area contributed by atoms with Crippen molar-refractivity contribution in [3.8, 4) is 0 Å². The van der Waals surface area contributed by atoms with Crippen LogP contribution in [0.4, 0.5) is 0 Å². The zero-order chi connectivity index (χ0) is 16.5. The van der Waals surface area contributed by atoms with Crippen molar-refractivity contribution in [3.63, 3.8) is 0 Å². The summed E-state index contributed by atoms with van der Waals surface area (Å²) in [5, 5.41) is 0. The number of hydrogen-bond acceptors (Lipinski definition) is 3. The third-order valence-electron chi connectivity index (χ3n) is 2.96. The molecule has 0 saturated carbocycles. The lowest BCUT2D eigenvalue weighted by Crippen LogP contribution is -1.81. The quantitative estimate of drug-likeness (QED) is 0.493. The van der Waals surface area contributed by atoms with Crippen LogP contribution in [0.5, 0.6) is 0 Å². The van der Waals surface area contributed by atoms with Gasteiger partial charge in [-0.3, -0.25) is 0 Å². The summed E-state index contributed by atoms with van der Waals surface area (Å²) in [5.74, 6) is 0. The monoisotopic (exact) mass is 291 g/mol. The van der Waals surface area contributed by atoms with Gasteiger partial charge in [0.1, 0.15) is 0 Å². The molecule has 0 rings (SSSR count). The third kappa shape index (κ3) is 43.0. The average Bonchev–Trinajstić information content (AvgIpc) is 2.55. The van der Waals surface area contributed by atoms with Gasteiger partial charge in [0.15, 0.2) is 0 Å². The molecule has 0 aromatic heterocycles. The van der Waals surface area contributed by atoms with E-state index < -0.39 is 0 Å². The molecule has 0 saturated heterocycles. The molecule has 3 nitrogen and oxygen atoms in total. The normalized spacial score (nSPS) is 8.40. The van der Waals surface area contributed by atoms with Gasteiger partial charge in [-0.25, -0.2) is 0 Å². The second-order valence-electron chi connectivity index (χ2n) is 4.54. The predicted octanol–water partition coefficient (Wildman–Crippen LogP) is 4.43. The molecule has 0 aromatic carbocycles. The minimum absolute atomic E-state index is 1.37. The molecule has 0 aromatic rings. The van der Waals surface area contributed by atoms with E-state index in [1.54, 1.807) is 0 Å². The molecule has 6 N–H and O–H groups in total. The predicted molar refractivity (Wildman–Crippen MR) is 97.1 cm³/mol. The van der Waals surface area contributed by atoms with E-state index in [2.05, 4.69) is 31.0 Å². The molecular weight excluding hydrogens is 246 g/mol. The summed E-state index contributed by atoms with van der Waals surface area (Å²) < 4.78 is 0. The van der Waals surface area contributed by atoms with Crippen molar-refractivity contribution in [3.05, 3.63) is 0 Å². The molecule has 0 aliphatic carbocycles. The Labute approximate surface area is 130 Å². The first-order valence-corrected chi connectivity index (χ1v) is 8.65. The summed E-state index contributed by atoms with van der Waals surface area (Å²) in [6.07, 6.45) is 17.4. The van der Waals surface area contributed by atoms with Gasteiger partial charge in [-0.2, -0.15) is 0 Å². The van der Waals surface area contributed by atoms with E-state index in [1.165, 1.54) is 98.2 Å². The molecule has 0 heterocycles. The Bertz CT molecular complexity index is 86.2. The van der Waals surface area contributed by atoms with E-state index in [1.807, 2.05) is 0 Å². The van der Waals surface area contributed by atoms with Crippen molar-refractivity contribution in [1.29, 1.82) is 0 Å². The van der Waals surface area contributed by atoms with Crippen LogP contribution in [0, 0.1) is 0 Å². The Morgan fingerprint density at radius 2 is 0.500 bits per heavy atom. The maximum atomic E-state index is 4.50. The van der Waals surface area contributed by atoms with Crippen molar-refractivity contribution < 1.29 is 0 Å². The highest BCUT2D eigenvalue weighted by molar-refractivity contribution is 4.47. The van der Waals surface area contributed by atoms with Gasteiger partial charge in [-0.05, 0) is 21.1 Å². The van der Waals surface area contributed by atoms with Gasteiger partial charge in [0.05, 0.1) is 0 Å². The Morgan fingerprint density at radius 1 is 0.350 bits per heavy atom. The first kappa shape index (κ1) is 28.1. The van der Waals surface area contributed by atoms with E-state index >= 15 is 0 Å². The van der Waals surface area contributed by atoms with Crippen LogP contribution >= 0.6 is 0 Å². The fourth-order valence-corrected chi connectivity index (χ4v) is 1.91. The summed E-state index contributed by atoms with van der Waals surface area (Å²) >= 11 is 0. The van der Waals surface area contributed by atoms with Crippen LogP contribution in [0.15, 0.2) is 0 Å². The van der Waals surface area contributed by atoms with Crippen LogP contribution in [0.1, 0.15) is 90.9 Å². The van der Waals surface area contributed by atoms with Gasteiger partial charge in [0, 0.05) is 0 Å². The van der Waals surface area contributed by atoms with E-state index in [-0.39, 0.29) is 0 Å². The summed E-state index contributed by atoms with van der Waals surface area (Å²) in [4.78, 5) is 0. The smallest absolute Gasteiger partial charge is 0.0195 e. The Kier molecular flexibility index (Phi) is 60.1. The van der Waals surface area contributed by atoms with E-state index in [0.717, 1.165) is 0 Å². The lowest BCUT2D eigenvalue weighted by atomic mass is 10.1. The molecule has 0 unspecified atom stereocenters. The zero-order valence-electron chi connectivity index (χ0n) is 15.2. The largest absolute Gasteiger partial charge is 0.333 e. The molecule has 0 bridgehead atoms. The topological polar surface area (TPSA) is 78.1 Å². The number of rotatable bonds is 11. The molecule has 20 heavy (non-hydrogen) atoms. The van der Waals surface area contributed by atoms with Gasteiger partial charge in [0.25, 0.3) is 0 Å². The number of unbranched alkanes of at least 4 members (excludes halogenated alkanes) is 11. The molecule has 0 aliphatic rings. The maximum absolute atomic E-state index is 4.50. The molecule has 3 heteroatoms.